The molecular weight excluding hydrogens is 431 g/mol. The van der Waals surface area contributed by atoms with Gasteiger partial charge in [-0.1, -0.05) is 39.8 Å². The number of aryl methyl sites for hydroxylation is 1. The highest BCUT2D eigenvalue weighted by Crippen LogP contribution is 2.42. The maximum Gasteiger partial charge on any atom is 0.257 e. The maximum absolute atomic E-state index is 14.8. The van der Waals surface area contributed by atoms with Crippen LogP contribution in [-0.4, -0.2) is 22.9 Å². The normalized spacial score (nSPS) is 16.1. The largest absolute Gasteiger partial charge is 0.488 e. The van der Waals surface area contributed by atoms with E-state index in [1.54, 1.807) is 16.5 Å². The van der Waals surface area contributed by atoms with Crippen LogP contribution in [-0.2, 0) is 13.7 Å². The van der Waals surface area contributed by atoms with Crippen LogP contribution in [0, 0.1) is 11.7 Å². The molecule has 0 saturated heterocycles. The zero-order valence-corrected chi connectivity index (χ0v) is 20.9. The molecule has 0 aliphatic carbocycles. The summed E-state index contributed by atoms with van der Waals surface area (Å²) in [5.74, 6) is 0.237. The van der Waals surface area contributed by atoms with Gasteiger partial charge in [0.25, 0.3) is 5.56 Å². The first kappa shape index (κ1) is 24.0. The van der Waals surface area contributed by atoms with E-state index in [2.05, 4.69) is 0 Å². The van der Waals surface area contributed by atoms with Crippen molar-refractivity contribution in [3.05, 3.63) is 74.8 Å². The minimum absolute atomic E-state index is 0.0528. The Hall–Kier alpha value is -3.12. The van der Waals surface area contributed by atoms with Gasteiger partial charge in [-0.15, -0.1) is 0 Å². The molecular formula is C28H33FN2O3. The van der Waals surface area contributed by atoms with Crippen molar-refractivity contribution >= 4 is 22.2 Å². The number of hydrogen-bond donors (Lipinski definition) is 1. The predicted octanol–water partition coefficient (Wildman–Crippen LogP) is 5.58. The van der Waals surface area contributed by atoms with E-state index in [0.29, 0.717) is 16.9 Å². The second kappa shape index (κ2) is 8.91. The molecule has 2 heterocycles. The molecule has 34 heavy (non-hydrogen) atoms. The first-order valence-electron chi connectivity index (χ1n) is 11.7. The number of halogens is 1. The second-order valence-electron chi connectivity index (χ2n) is 9.75. The van der Waals surface area contributed by atoms with E-state index < -0.39 is 6.23 Å². The van der Waals surface area contributed by atoms with Gasteiger partial charge in [-0.25, -0.2) is 4.39 Å². The number of aromatic nitrogens is 1. The minimum Gasteiger partial charge on any atom is -0.488 e. The fourth-order valence-corrected chi connectivity index (χ4v) is 5.18. The summed E-state index contributed by atoms with van der Waals surface area (Å²) < 4.78 is 22.8. The van der Waals surface area contributed by atoms with E-state index in [0.717, 1.165) is 33.3 Å². The van der Waals surface area contributed by atoms with Crippen LogP contribution >= 0.6 is 0 Å². The number of anilines is 1. The number of benzene rings is 2. The van der Waals surface area contributed by atoms with Crippen LogP contribution in [0.4, 0.5) is 10.1 Å². The van der Waals surface area contributed by atoms with Crippen molar-refractivity contribution < 1.29 is 14.2 Å². The first-order chi connectivity index (χ1) is 16.0. The Kier molecular flexibility index (Phi) is 6.30. The van der Waals surface area contributed by atoms with E-state index in [1.807, 2.05) is 65.9 Å². The first-order valence-corrected chi connectivity index (χ1v) is 11.7. The molecule has 6 heteroatoms. The Bertz CT molecular complexity index is 1350. The highest BCUT2D eigenvalue weighted by atomic mass is 19.1. The molecule has 0 amide bonds. The smallest absolute Gasteiger partial charge is 0.257 e. The average Bonchev–Trinajstić information content (AvgIpc) is 2.78. The summed E-state index contributed by atoms with van der Waals surface area (Å²) >= 11 is 0. The maximum atomic E-state index is 14.8. The number of fused-ring (bicyclic) bond motifs is 2. The minimum atomic E-state index is -0.798. The molecule has 1 aliphatic rings. The number of hydrogen-bond acceptors (Lipinski definition) is 4. The van der Waals surface area contributed by atoms with Gasteiger partial charge in [-0.2, -0.15) is 0 Å². The fourth-order valence-electron chi connectivity index (χ4n) is 5.18. The number of aliphatic hydroxyl groups excluding tert-OH is 1. The lowest BCUT2D eigenvalue weighted by atomic mass is 9.86. The number of pyridine rings is 1. The molecule has 0 saturated carbocycles. The summed E-state index contributed by atoms with van der Waals surface area (Å²) in [5.41, 5.74) is 5.17. The second-order valence-corrected chi connectivity index (χ2v) is 9.75. The molecule has 5 nitrogen and oxygen atoms in total. The molecule has 180 valence electrons. The monoisotopic (exact) mass is 464 g/mol. The van der Waals surface area contributed by atoms with Gasteiger partial charge < -0.3 is 19.3 Å². The number of para-hydroxylation sites is 1. The summed E-state index contributed by atoms with van der Waals surface area (Å²) in [5, 5.41) is 11.9. The molecule has 3 aromatic rings. The van der Waals surface area contributed by atoms with Crippen LogP contribution in [0.2, 0.25) is 0 Å². The van der Waals surface area contributed by atoms with Crippen molar-refractivity contribution in [1.29, 1.82) is 0 Å². The molecule has 1 aliphatic heterocycles. The van der Waals surface area contributed by atoms with Crippen molar-refractivity contribution in [2.75, 3.05) is 11.9 Å². The van der Waals surface area contributed by atoms with Gasteiger partial charge in [0.15, 0.2) is 0 Å². The van der Waals surface area contributed by atoms with Gasteiger partial charge in [-0.05, 0) is 54.2 Å². The zero-order chi connectivity index (χ0) is 24.9. The Labute approximate surface area is 200 Å². The molecule has 0 spiro atoms. The highest BCUT2D eigenvalue weighted by Gasteiger charge is 2.32. The van der Waals surface area contributed by atoms with E-state index in [9.17, 15) is 14.3 Å². The third-order valence-electron chi connectivity index (χ3n) is 6.85. The molecule has 1 aromatic heterocycles. The number of ether oxygens (including phenoxy) is 1. The molecule has 0 bridgehead atoms. The molecule has 1 unspecified atom stereocenters. The van der Waals surface area contributed by atoms with Crippen LogP contribution in [0.3, 0.4) is 0 Å². The lowest BCUT2D eigenvalue weighted by molar-refractivity contribution is 0.198. The topological polar surface area (TPSA) is 54.7 Å². The number of likely N-dealkylation sites (N-methyl/N-ethyl adjacent to an activating group) is 1. The van der Waals surface area contributed by atoms with Gasteiger partial charge in [0, 0.05) is 30.6 Å². The number of allylic oxidation sites excluding steroid dienone is 1. The fraction of sp³-hybridized carbons (Fsp3) is 0.393. The van der Waals surface area contributed by atoms with Crippen LogP contribution in [0.1, 0.15) is 57.2 Å². The Balaban J connectivity index is 1.87. The van der Waals surface area contributed by atoms with Crippen LogP contribution in [0.15, 0.2) is 46.8 Å². The van der Waals surface area contributed by atoms with Crippen molar-refractivity contribution in [2.24, 2.45) is 13.0 Å². The molecule has 0 fully saturated rings. The molecule has 1 atom stereocenters. The Morgan fingerprint density at radius 1 is 1.09 bits per heavy atom. The standard InChI is InChI=1S/C28H33FN2O3/c1-15(2)23-17(5)21-13-19(29)12-18(25(21)31(7)27(23)32)14-34-26-20-10-8-9-11-22(20)30(6)28(33)24(26)16(3)4/h8-13,15-16,27,32H,14H2,1-7H3. The van der Waals surface area contributed by atoms with Gasteiger partial charge in [0.1, 0.15) is 24.4 Å². The van der Waals surface area contributed by atoms with Crippen LogP contribution in [0.25, 0.3) is 16.5 Å². The SMILES string of the molecule is CC1=C(C(C)C)C(O)N(C)c2c(COc3c(C(C)C)c(=O)n(C)c4ccccc34)cc(F)cc21. The lowest BCUT2D eigenvalue weighted by Gasteiger charge is -2.38. The van der Waals surface area contributed by atoms with E-state index >= 15 is 0 Å². The van der Waals surface area contributed by atoms with E-state index in [-0.39, 0.29) is 29.8 Å². The van der Waals surface area contributed by atoms with Crippen molar-refractivity contribution in [2.45, 2.75) is 53.4 Å². The van der Waals surface area contributed by atoms with Gasteiger partial charge in [-0.3, -0.25) is 4.79 Å². The molecule has 4 rings (SSSR count). The molecule has 0 radical (unpaired) electrons. The van der Waals surface area contributed by atoms with E-state index in [4.69, 9.17) is 4.74 Å². The summed E-state index contributed by atoms with van der Waals surface area (Å²) in [7, 11) is 3.58. The number of nitrogens with zero attached hydrogens (tertiary/aromatic N) is 2. The Morgan fingerprint density at radius 2 is 1.76 bits per heavy atom. The zero-order valence-electron chi connectivity index (χ0n) is 20.9. The molecule has 2 aromatic carbocycles. The highest BCUT2D eigenvalue weighted by molar-refractivity contribution is 5.87. The summed E-state index contributed by atoms with van der Waals surface area (Å²) in [6.07, 6.45) is -0.798. The van der Waals surface area contributed by atoms with Gasteiger partial charge in [0.05, 0.1) is 16.8 Å². The van der Waals surface area contributed by atoms with Crippen molar-refractivity contribution in [1.82, 2.24) is 4.57 Å². The third kappa shape index (κ3) is 3.80. The quantitative estimate of drug-likeness (QED) is 0.536. The van der Waals surface area contributed by atoms with Gasteiger partial charge >= 0.3 is 0 Å². The van der Waals surface area contributed by atoms with Crippen LogP contribution in [0.5, 0.6) is 5.75 Å². The predicted molar refractivity (Wildman–Crippen MR) is 136 cm³/mol. The Morgan fingerprint density at radius 3 is 2.41 bits per heavy atom. The average molecular weight is 465 g/mol. The van der Waals surface area contributed by atoms with Gasteiger partial charge in [0.2, 0.25) is 0 Å². The van der Waals surface area contributed by atoms with E-state index in [1.165, 1.54) is 12.1 Å². The lowest BCUT2D eigenvalue weighted by Crippen LogP contribution is -2.39. The van der Waals surface area contributed by atoms with Crippen LogP contribution < -0.4 is 15.2 Å². The third-order valence-corrected chi connectivity index (χ3v) is 6.85. The summed E-state index contributed by atoms with van der Waals surface area (Å²) in [6, 6.07) is 10.6. The summed E-state index contributed by atoms with van der Waals surface area (Å²) in [4.78, 5) is 14.9. The number of aliphatic hydroxyl groups is 1. The van der Waals surface area contributed by atoms with Crippen molar-refractivity contribution in [3.63, 3.8) is 0 Å². The number of rotatable bonds is 5. The van der Waals surface area contributed by atoms with Crippen molar-refractivity contribution in [3.8, 4) is 5.75 Å². The summed E-state index contributed by atoms with van der Waals surface area (Å²) in [6.45, 7) is 9.98. The molecule has 1 N–H and O–H groups in total.